The number of piperazine rings is 1. The molecule has 2 aliphatic rings. The van der Waals surface area contributed by atoms with Crippen LogP contribution in [0.15, 0.2) is 36.9 Å². The SMILES string of the molecule is C=CCOc1cccc(C(=O)N2CCCC(CCC(=O)N3CCN(C)CC3)C2)c1. The predicted octanol–water partition coefficient (Wildman–Crippen LogP) is 2.66. The Balaban J connectivity index is 1.50. The van der Waals surface area contributed by atoms with Gasteiger partial charge < -0.3 is 19.4 Å². The largest absolute Gasteiger partial charge is 0.490 e. The molecule has 0 bridgehead atoms. The topological polar surface area (TPSA) is 53.1 Å². The average Bonchev–Trinajstić information content (AvgIpc) is 2.76. The highest BCUT2D eigenvalue weighted by Crippen LogP contribution is 2.24. The Morgan fingerprint density at radius 3 is 2.72 bits per heavy atom. The molecule has 0 aliphatic carbocycles. The van der Waals surface area contributed by atoms with Crippen molar-refractivity contribution < 1.29 is 14.3 Å². The van der Waals surface area contributed by atoms with Gasteiger partial charge in [0.05, 0.1) is 0 Å². The van der Waals surface area contributed by atoms with Gasteiger partial charge in [-0.05, 0) is 50.4 Å². The minimum absolute atomic E-state index is 0.0455. The molecule has 2 fully saturated rings. The van der Waals surface area contributed by atoms with Gasteiger partial charge in [-0.1, -0.05) is 18.7 Å². The Morgan fingerprint density at radius 1 is 1.17 bits per heavy atom. The van der Waals surface area contributed by atoms with Gasteiger partial charge in [-0.25, -0.2) is 0 Å². The van der Waals surface area contributed by atoms with Gasteiger partial charge in [0.15, 0.2) is 0 Å². The van der Waals surface area contributed by atoms with E-state index in [2.05, 4.69) is 18.5 Å². The van der Waals surface area contributed by atoms with E-state index < -0.39 is 0 Å². The Bertz CT molecular complexity index is 713. The van der Waals surface area contributed by atoms with Crippen molar-refractivity contribution in [3.05, 3.63) is 42.5 Å². The Hall–Kier alpha value is -2.34. The fourth-order valence-corrected chi connectivity index (χ4v) is 4.08. The van der Waals surface area contributed by atoms with Crippen LogP contribution < -0.4 is 4.74 Å². The van der Waals surface area contributed by atoms with E-state index in [1.54, 1.807) is 12.1 Å². The van der Waals surface area contributed by atoms with Crippen LogP contribution in [0.5, 0.6) is 5.75 Å². The minimum Gasteiger partial charge on any atom is -0.490 e. The van der Waals surface area contributed by atoms with E-state index in [0.717, 1.165) is 58.5 Å². The lowest BCUT2D eigenvalue weighted by molar-refractivity contribution is -0.133. The number of hydrogen-bond donors (Lipinski definition) is 0. The van der Waals surface area contributed by atoms with E-state index >= 15 is 0 Å². The molecule has 3 rings (SSSR count). The smallest absolute Gasteiger partial charge is 0.253 e. The maximum absolute atomic E-state index is 13.0. The Kier molecular flexibility index (Phi) is 7.69. The fraction of sp³-hybridized carbons (Fsp3) is 0.565. The monoisotopic (exact) mass is 399 g/mol. The molecule has 2 amide bonds. The van der Waals surface area contributed by atoms with Crippen molar-refractivity contribution in [3.63, 3.8) is 0 Å². The molecule has 0 saturated carbocycles. The van der Waals surface area contributed by atoms with Crippen molar-refractivity contribution in [3.8, 4) is 5.75 Å². The summed E-state index contributed by atoms with van der Waals surface area (Å²) in [6.45, 7) is 9.14. The quantitative estimate of drug-likeness (QED) is 0.662. The number of rotatable bonds is 7. The number of benzene rings is 1. The third-order valence-electron chi connectivity index (χ3n) is 5.88. The van der Waals surface area contributed by atoms with Crippen LogP contribution in [-0.2, 0) is 4.79 Å². The van der Waals surface area contributed by atoms with Crippen LogP contribution in [0.25, 0.3) is 0 Å². The second-order valence-electron chi connectivity index (χ2n) is 8.11. The highest BCUT2D eigenvalue weighted by molar-refractivity contribution is 5.94. The summed E-state index contributed by atoms with van der Waals surface area (Å²) in [5, 5.41) is 0. The number of likely N-dealkylation sites (N-methyl/N-ethyl adjacent to an activating group) is 1. The second kappa shape index (κ2) is 10.4. The van der Waals surface area contributed by atoms with E-state index in [9.17, 15) is 9.59 Å². The summed E-state index contributed by atoms with van der Waals surface area (Å²) in [5.41, 5.74) is 0.653. The first-order valence-electron chi connectivity index (χ1n) is 10.7. The molecule has 0 aromatic heterocycles. The molecule has 6 heteroatoms. The molecule has 2 heterocycles. The number of amides is 2. The molecular formula is C23H33N3O3. The summed E-state index contributed by atoms with van der Waals surface area (Å²) in [6.07, 6.45) is 5.21. The van der Waals surface area contributed by atoms with Crippen molar-refractivity contribution in [2.45, 2.75) is 25.7 Å². The Labute approximate surface area is 174 Å². The van der Waals surface area contributed by atoms with Crippen LogP contribution in [0, 0.1) is 5.92 Å². The zero-order valence-electron chi connectivity index (χ0n) is 17.5. The molecule has 1 aromatic carbocycles. The zero-order valence-corrected chi connectivity index (χ0v) is 17.5. The predicted molar refractivity (Wildman–Crippen MR) is 114 cm³/mol. The molecule has 1 aromatic rings. The number of ether oxygens (including phenoxy) is 1. The van der Waals surface area contributed by atoms with Crippen molar-refractivity contribution in [2.24, 2.45) is 5.92 Å². The van der Waals surface area contributed by atoms with Crippen molar-refractivity contribution in [1.82, 2.24) is 14.7 Å². The first kappa shape index (κ1) is 21.4. The number of nitrogens with zero attached hydrogens (tertiary/aromatic N) is 3. The zero-order chi connectivity index (χ0) is 20.6. The molecule has 2 aliphatic heterocycles. The van der Waals surface area contributed by atoms with Gasteiger partial charge in [-0.3, -0.25) is 9.59 Å². The lowest BCUT2D eigenvalue weighted by atomic mass is 9.92. The minimum atomic E-state index is 0.0455. The maximum atomic E-state index is 13.0. The van der Waals surface area contributed by atoms with Gasteiger partial charge >= 0.3 is 0 Å². The summed E-state index contributed by atoms with van der Waals surface area (Å²) in [7, 11) is 2.09. The third-order valence-corrected chi connectivity index (χ3v) is 5.88. The van der Waals surface area contributed by atoms with E-state index in [0.29, 0.717) is 30.3 Å². The van der Waals surface area contributed by atoms with Crippen molar-refractivity contribution in [2.75, 3.05) is 52.9 Å². The summed E-state index contributed by atoms with van der Waals surface area (Å²) in [6, 6.07) is 7.33. The van der Waals surface area contributed by atoms with E-state index in [1.165, 1.54) is 0 Å². The van der Waals surface area contributed by atoms with Gasteiger partial charge in [0.25, 0.3) is 5.91 Å². The van der Waals surface area contributed by atoms with Gasteiger partial charge in [-0.2, -0.15) is 0 Å². The summed E-state index contributed by atoms with van der Waals surface area (Å²) in [5.74, 6) is 1.38. The van der Waals surface area contributed by atoms with Crippen molar-refractivity contribution in [1.29, 1.82) is 0 Å². The summed E-state index contributed by atoms with van der Waals surface area (Å²) in [4.78, 5) is 31.6. The van der Waals surface area contributed by atoms with Crippen LogP contribution in [0.1, 0.15) is 36.0 Å². The van der Waals surface area contributed by atoms with Gasteiger partial charge in [0, 0.05) is 51.3 Å². The van der Waals surface area contributed by atoms with E-state index in [-0.39, 0.29) is 11.8 Å². The van der Waals surface area contributed by atoms with Crippen LogP contribution in [0.4, 0.5) is 0 Å². The lowest BCUT2D eigenvalue weighted by Crippen LogP contribution is -2.47. The maximum Gasteiger partial charge on any atom is 0.253 e. The first-order chi connectivity index (χ1) is 14.1. The molecule has 2 saturated heterocycles. The van der Waals surface area contributed by atoms with Gasteiger partial charge in [-0.15, -0.1) is 0 Å². The summed E-state index contributed by atoms with van der Waals surface area (Å²) >= 11 is 0. The van der Waals surface area contributed by atoms with E-state index in [1.807, 2.05) is 28.0 Å². The van der Waals surface area contributed by atoms with E-state index in [4.69, 9.17) is 4.74 Å². The molecule has 0 radical (unpaired) electrons. The van der Waals surface area contributed by atoms with Crippen LogP contribution in [0.2, 0.25) is 0 Å². The van der Waals surface area contributed by atoms with Gasteiger partial charge in [0.1, 0.15) is 12.4 Å². The highest BCUT2D eigenvalue weighted by Gasteiger charge is 2.26. The molecule has 1 atom stereocenters. The molecule has 1 unspecified atom stereocenters. The summed E-state index contributed by atoms with van der Waals surface area (Å²) < 4.78 is 5.55. The lowest BCUT2D eigenvalue weighted by Gasteiger charge is -2.34. The first-order valence-corrected chi connectivity index (χ1v) is 10.7. The molecule has 6 nitrogen and oxygen atoms in total. The third kappa shape index (κ3) is 6.07. The van der Waals surface area contributed by atoms with Crippen LogP contribution >= 0.6 is 0 Å². The molecule has 0 spiro atoms. The number of carbonyl (C=O) groups is 2. The molecule has 0 N–H and O–H groups in total. The fourth-order valence-electron chi connectivity index (χ4n) is 4.08. The highest BCUT2D eigenvalue weighted by atomic mass is 16.5. The standard InChI is InChI=1S/C23H33N3O3/c1-3-16-29-21-8-4-7-20(17-21)23(28)26-11-5-6-19(18-26)9-10-22(27)25-14-12-24(2)13-15-25/h3-4,7-8,17,19H,1,5-6,9-16,18H2,2H3. The Morgan fingerprint density at radius 2 is 1.97 bits per heavy atom. The number of hydrogen-bond acceptors (Lipinski definition) is 4. The van der Waals surface area contributed by atoms with Crippen molar-refractivity contribution >= 4 is 11.8 Å². The van der Waals surface area contributed by atoms with Crippen LogP contribution in [-0.4, -0.2) is 79.4 Å². The molecular weight excluding hydrogens is 366 g/mol. The van der Waals surface area contributed by atoms with Crippen LogP contribution in [0.3, 0.4) is 0 Å². The number of piperidine rings is 1. The second-order valence-corrected chi connectivity index (χ2v) is 8.11. The normalized spacial score (nSPS) is 20.4. The number of carbonyl (C=O) groups excluding carboxylic acids is 2. The number of likely N-dealkylation sites (tertiary alicyclic amines) is 1. The molecule has 29 heavy (non-hydrogen) atoms. The average molecular weight is 400 g/mol. The van der Waals surface area contributed by atoms with Gasteiger partial charge in [0.2, 0.25) is 5.91 Å². The molecule has 158 valence electrons.